The molecule has 2 heterocycles. The van der Waals surface area contributed by atoms with E-state index in [2.05, 4.69) is 50.2 Å². The van der Waals surface area contributed by atoms with Crippen LogP contribution in [0, 0.1) is 0 Å². The third-order valence-corrected chi connectivity index (χ3v) is 3.92. The van der Waals surface area contributed by atoms with Crippen molar-refractivity contribution in [1.82, 2.24) is 0 Å². The number of hydrogen-bond donors (Lipinski definition) is 1. The molecule has 2 aromatic rings. The molecule has 4 heteroatoms. The van der Waals surface area contributed by atoms with Crippen LogP contribution in [0.1, 0.15) is 4.88 Å². The summed E-state index contributed by atoms with van der Waals surface area (Å²) in [6, 6.07) is 6.30. The summed E-state index contributed by atoms with van der Waals surface area (Å²) >= 11 is 6.92. The highest BCUT2D eigenvalue weighted by atomic mass is 79.9. The summed E-state index contributed by atoms with van der Waals surface area (Å²) in [5, 5.41) is 7.54. The molecule has 0 bridgehead atoms. The molecule has 0 aliphatic heterocycles. The van der Waals surface area contributed by atoms with Crippen LogP contribution in [0.15, 0.2) is 32.7 Å². The van der Waals surface area contributed by atoms with Crippen LogP contribution in [0.4, 0.5) is 5.69 Å². The monoisotopic (exact) mass is 273 g/mol. The second kappa shape index (κ2) is 4.26. The average Bonchev–Trinajstić information content (AvgIpc) is 2.71. The zero-order valence-electron chi connectivity index (χ0n) is 6.79. The lowest BCUT2D eigenvalue weighted by atomic mass is 10.4. The van der Waals surface area contributed by atoms with E-state index in [0.717, 1.165) is 6.54 Å². The van der Waals surface area contributed by atoms with E-state index < -0.39 is 0 Å². The Balaban J connectivity index is 1.93. The van der Waals surface area contributed by atoms with E-state index in [-0.39, 0.29) is 0 Å². The topological polar surface area (TPSA) is 12.0 Å². The summed E-state index contributed by atoms with van der Waals surface area (Å²) in [7, 11) is 0. The summed E-state index contributed by atoms with van der Waals surface area (Å²) in [5.74, 6) is 0. The number of thiophene rings is 2. The van der Waals surface area contributed by atoms with E-state index in [4.69, 9.17) is 0 Å². The van der Waals surface area contributed by atoms with Crippen LogP contribution >= 0.6 is 38.6 Å². The van der Waals surface area contributed by atoms with Gasteiger partial charge in [0.15, 0.2) is 0 Å². The predicted molar refractivity (Wildman–Crippen MR) is 63.7 cm³/mol. The predicted octanol–water partition coefficient (Wildman–Crippen LogP) is 4.18. The average molecular weight is 274 g/mol. The fourth-order valence-electron chi connectivity index (χ4n) is 1.00. The quantitative estimate of drug-likeness (QED) is 0.885. The zero-order valence-corrected chi connectivity index (χ0v) is 10.0. The fourth-order valence-corrected chi connectivity index (χ4v) is 3.04. The third kappa shape index (κ3) is 2.56. The summed E-state index contributed by atoms with van der Waals surface area (Å²) in [6.45, 7) is 0.910. The second-order valence-corrected chi connectivity index (χ2v) is 5.90. The van der Waals surface area contributed by atoms with Gasteiger partial charge >= 0.3 is 0 Å². The lowest BCUT2D eigenvalue weighted by molar-refractivity contribution is 1.20. The normalized spacial score (nSPS) is 10.2. The molecule has 1 nitrogen and oxygen atoms in total. The van der Waals surface area contributed by atoms with Gasteiger partial charge in [0.25, 0.3) is 0 Å². The van der Waals surface area contributed by atoms with Gasteiger partial charge in [0.2, 0.25) is 0 Å². The molecular weight excluding hydrogens is 266 g/mol. The Hall–Kier alpha value is -0.320. The van der Waals surface area contributed by atoms with Crippen LogP contribution in [0.3, 0.4) is 0 Å². The summed E-state index contributed by atoms with van der Waals surface area (Å²) in [6.07, 6.45) is 0. The molecule has 2 rings (SSSR count). The molecule has 68 valence electrons. The third-order valence-electron chi connectivity index (χ3n) is 1.62. The van der Waals surface area contributed by atoms with Crippen molar-refractivity contribution in [3.05, 3.63) is 37.6 Å². The van der Waals surface area contributed by atoms with Crippen molar-refractivity contribution in [2.75, 3.05) is 5.32 Å². The number of anilines is 1. The lowest BCUT2D eigenvalue weighted by Gasteiger charge is -1.99. The first kappa shape index (κ1) is 9.24. The Morgan fingerprint density at radius 2 is 2.23 bits per heavy atom. The molecule has 0 amide bonds. The van der Waals surface area contributed by atoms with Crippen molar-refractivity contribution >= 4 is 44.3 Å². The van der Waals surface area contributed by atoms with Gasteiger partial charge in [-0.05, 0) is 39.5 Å². The minimum Gasteiger partial charge on any atom is -0.379 e. The zero-order chi connectivity index (χ0) is 9.10. The fraction of sp³-hybridized carbons (Fsp3) is 0.111. The van der Waals surface area contributed by atoms with Crippen LogP contribution < -0.4 is 5.32 Å². The van der Waals surface area contributed by atoms with E-state index in [0.29, 0.717) is 0 Å². The molecule has 0 saturated carbocycles. The molecule has 0 radical (unpaired) electrons. The Kier molecular flexibility index (Phi) is 3.03. The van der Waals surface area contributed by atoms with Gasteiger partial charge in [-0.3, -0.25) is 0 Å². The Labute approximate surface area is 93.6 Å². The summed E-state index contributed by atoms with van der Waals surface area (Å²) in [5.41, 5.74) is 1.20. The molecule has 0 unspecified atom stereocenters. The van der Waals surface area contributed by atoms with E-state index >= 15 is 0 Å². The first-order valence-electron chi connectivity index (χ1n) is 3.85. The van der Waals surface area contributed by atoms with Crippen molar-refractivity contribution in [2.24, 2.45) is 0 Å². The van der Waals surface area contributed by atoms with E-state index in [1.807, 2.05) is 0 Å². The molecule has 1 N–H and O–H groups in total. The maximum Gasteiger partial charge on any atom is 0.0702 e. The van der Waals surface area contributed by atoms with Gasteiger partial charge in [-0.15, -0.1) is 11.3 Å². The van der Waals surface area contributed by atoms with Crippen molar-refractivity contribution in [1.29, 1.82) is 0 Å². The molecule has 0 spiro atoms. The SMILES string of the molecule is Brc1ccc(CNc2ccsc2)s1. The van der Waals surface area contributed by atoms with Gasteiger partial charge in [-0.25, -0.2) is 0 Å². The maximum atomic E-state index is 3.44. The van der Waals surface area contributed by atoms with Gasteiger partial charge in [0.1, 0.15) is 0 Å². The van der Waals surface area contributed by atoms with Crippen molar-refractivity contribution in [2.45, 2.75) is 6.54 Å². The Morgan fingerprint density at radius 3 is 2.85 bits per heavy atom. The van der Waals surface area contributed by atoms with E-state index in [9.17, 15) is 0 Å². The largest absolute Gasteiger partial charge is 0.379 e. The molecule has 0 aliphatic rings. The number of nitrogens with one attached hydrogen (secondary N) is 1. The lowest BCUT2D eigenvalue weighted by Crippen LogP contribution is -1.94. The highest BCUT2D eigenvalue weighted by Gasteiger charge is 1.97. The molecule has 0 saturated heterocycles. The standard InChI is InChI=1S/C9H8BrNS2/c10-9-2-1-8(13-9)5-11-7-3-4-12-6-7/h1-4,6,11H,5H2. The Bertz CT molecular complexity index is 367. The van der Waals surface area contributed by atoms with E-state index in [1.165, 1.54) is 14.4 Å². The second-order valence-electron chi connectivity index (χ2n) is 2.57. The Morgan fingerprint density at radius 1 is 1.31 bits per heavy atom. The number of rotatable bonds is 3. The summed E-state index contributed by atoms with van der Waals surface area (Å²) in [4.78, 5) is 1.35. The van der Waals surface area contributed by atoms with Crippen molar-refractivity contribution in [3.8, 4) is 0 Å². The van der Waals surface area contributed by atoms with Crippen LogP contribution in [0.2, 0.25) is 0 Å². The van der Waals surface area contributed by atoms with Crippen LogP contribution in [0.25, 0.3) is 0 Å². The van der Waals surface area contributed by atoms with Gasteiger partial charge in [-0.2, -0.15) is 11.3 Å². The van der Waals surface area contributed by atoms with Crippen molar-refractivity contribution in [3.63, 3.8) is 0 Å². The molecule has 0 aromatic carbocycles. The van der Waals surface area contributed by atoms with Gasteiger partial charge in [0, 0.05) is 22.5 Å². The van der Waals surface area contributed by atoms with Crippen molar-refractivity contribution < 1.29 is 0 Å². The molecule has 13 heavy (non-hydrogen) atoms. The minimum atomic E-state index is 0.910. The molecule has 0 aliphatic carbocycles. The smallest absolute Gasteiger partial charge is 0.0702 e. The molecular formula is C9H8BrNS2. The minimum absolute atomic E-state index is 0.910. The number of hydrogen-bond acceptors (Lipinski definition) is 3. The molecule has 0 fully saturated rings. The van der Waals surface area contributed by atoms with Gasteiger partial charge in [-0.1, -0.05) is 0 Å². The van der Waals surface area contributed by atoms with E-state index in [1.54, 1.807) is 22.7 Å². The molecule has 0 atom stereocenters. The molecule has 2 aromatic heterocycles. The first-order chi connectivity index (χ1) is 6.34. The van der Waals surface area contributed by atoms with Crippen LogP contribution in [0.5, 0.6) is 0 Å². The van der Waals surface area contributed by atoms with Gasteiger partial charge in [0.05, 0.1) is 3.79 Å². The first-order valence-corrected chi connectivity index (χ1v) is 6.40. The van der Waals surface area contributed by atoms with Crippen LogP contribution in [-0.2, 0) is 6.54 Å². The summed E-state index contributed by atoms with van der Waals surface area (Å²) < 4.78 is 1.19. The van der Waals surface area contributed by atoms with Crippen LogP contribution in [-0.4, -0.2) is 0 Å². The van der Waals surface area contributed by atoms with Gasteiger partial charge < -0.3 is 5.32 Å². The highest BCUT2D eigenvalue weighted by molar-refractivity contribution is 9.11. The maximum absolute atomic E-state index is 3.44. The number of halogens is 1. The highest BCUT2D eigenvalue weighted by Crippen LogP contribution is 2.23.